The quantitative estimate of drug-likeness (QED) is 0.196. The number of rotatable bonds is 11. The second kappa shape index (κ2) is 12.6. The van der Waals surface area contributed by atoms with Gasteiger partial charge in [-0.25, -0.2) is 22.4 Å². The third-order valence-corrected chi connectivity index (χ3v) is 13.0. The Morgan fingerprint density at radius 2 is 1.98 bits per heavy atom. The summed E-state index contributed by atoms with van der Waals surface area (Å²) in [6.45, 7) is 6.70. The Labute approximate surface area is 277 Å². The van der Waals surface area contributed by atoms with Gasteiger partial charge in [0.15, 0.2) is 5.65 Å². The van der Waals surface area contributed by atoms with Crippen molar-refractivity contribution in [2.75, 3.05) is 46.8 Å². The number of nitrogens with zero attached hydrogens (tertiary/aromatic N) is 6. The lowest BCUT2D eigenvalue weighted by molar-refractivity contribution is -0.171. The average molecular weight is 685 g/mol. The van der Waals surface area contributed by atoms with Crippen LogP contribution < -0.4 is 0 Å². The van der Waals surface area contributed by atoms with Crippen LogP contribution in [-0.2, 0) is 36.4 Å². The number of aromatic nitrogens is 5. The Morgan fingerprint density at radius 3 is 2.72 bits per heavy atom. The summed E-state index contributed by atoms with van der Waals surface area (Å²) in [5, 5.41) is 6.55. The maximum absolute atomic E-state index is 14.7. The minimum absolute atomic E-state index is 0.203. The highest BCUT2D eigenvalue weighted by Crippen LogP contribution is 2.48. The molecule has 1 saturated carbocycles. The molecular weight excluding hydrogens is 648 g/mol. The molecule has 3 aliphatic rings. The summed E-state index contributed by atoms with van der Waals surface area (Å²) >= 11 is 8.44. The number of fused-ring (bicyclic) bond motifs is 1. The summed E-state index contributed by atoms with van der Waals surface area (Å²) < 4.78 is 47.9. The van der Waals surface area contributed by atoms with Gasteiger partial charge in [0, 0.05) is 66.9 Å². The van der Waals surface area contributed by atoms with Crippen molar-refractivity contribution in [3.8, 4) is 11.3 Å². The molecule has 5 heterocycles. The third kappa shape index (κ3) is 5.65. The summed E-state index contributed by atoms with van der Waals surface area (Å²) in [4.78, 5) is 12.4. The smallest absolute Gasteiger partial charge is 0.250 e. The molecule has 1 saturated heterocycles. The molecule has 4 aromatic rings. The molecular formula is C32H37ClN6O5S2. The Morgan fingerprint density at radius 1 is 1.15 bits per heavy atom. The van der Waals surface area contributed by atoms with Crippen LogP contribution in [0.15, 0.2) is 60.2 Å². The first kappa shape index (κ1) is 31.7. The molecule has 2 aliphatic carbocycles. The Balaban J connectivity index is 1.18. The highest BCUT2D eigenvalue weighted by atomic mass is 35.5. The number of morpholine rings is 1. The molecule has 0 spiro atoms. The van der Waals surface area contributed by atoms with E-state index >= 15 is 0 Å². The number of pyridine rings is 1. The van der Waals surface area contributed by atoms with E-state index in [1.165, 1.54) is 15.3 Å². The molecule has 14 heteroatoms. The van der Waals surface area contributed by atoms with Gasteiger partial charge >= 0.3 is 0 Å². The van der Waals surface area contributed by atoms with Crippen molar-refractivity contribution in [1.82, 2.24) is 28.6 Å². The van der Waals surface area contributed by atoms with Crippen molar-refractivity contribution in [2.24, 2.45) is 0 Å². The highest BCUT2D eigenvalue weighted by Gasteiger charge is 2.45. The van der Waals surface area contributed by atoms with Gasteiger partial charge in [0.25, 0.3) is 0 Å². The van der Waals surface area contributed by atoms with Crippen LogP contribution in [0.5, 0.6) is 0 Å². The predicted octanol–water partition coefficient (Wildman–Crippen LogP) is 5.23. The zero-order valence-corrected chi connectivity index (χ0v) is 28.3. The molecule has 0 aromatic carbocycles. The van der Waals surface area contributed by atoms with Gasteiger partial charge in [-0.15, -0.1) is 11.3 Å². The van der Waals surface area contributed by atoms with Crippen molar-refractivity contribution < 1.29 is 22.6 Å². The number of hydrogen-bond acceptors (Lipinski definition) is 10. The van der Waals surface area contributed by atoms with E-state index in [9.17, 15) is 8.42 Å². The van der Waals surface area contributed by atoms with E-state index in [4.69, 9.17) is 25.8 Å². The highest BCUT2D eigenvalue weighted by molar-refractivity contribution is 7.91. The molecule has 244 valence electrons. The van der Waals surface area contributed by atoms with Crippen LogP contribution in [0.4, 0.5) is 0 Å². The van der Waals surface area contributed by atoms with E-state index < -0.39 is 20.4 Å². The normalized spacial score (nSPS) is 22.1. The van der Waals surface area contributed by atoms with Gasteiger partial charge in [-0.1, -0.05) is 17.7 Å². The van der Waals surface area contributed by atoms with Crippen molar-refractivity contribution >= 4 is 49.6 Å². The largest absolute Gasteiger partial charge is 0.379 e. The van der Waals surface area contributed by atoms with Crippen LogP contribution in [-0.4, -0.2) is 88.5 Å². The minimum Gasteiger partial charge on any atom is -0.379 e. The standard InChI is InChI=1S/C32H37ClN6O5S2/c1-31(9-6-25(26(33)18-31)28-20-35-30(45-28)32(7-4-8-32)44-22-42-2)46(40,41)39-27(17-23-5-3-10-34-29(23)39)24-19-36-38(21-24)12-11-37-13-15-43-16-14-37/h3,5-6,10,17-21H,4,7-9,11-16,22H2,1-2H3. The van der Waals surface area contributed by atoms with Crippen molar-refractivity contribution in [3.05, 3.63) is 70.1 Å². The van der Waals surface area contributed by atoms with Gasteiger partial charge in [0.2, 0.25) is 10.0 Å². The number of methoxy groups -OCH3 is 1. The first-order valence-corrected chi connectivity index (χ1v) is 18.1. The monoisotopic (exact) mass is 684 g/mol. The number of hydrogen-bond donors (Lipinski definition) is 0. The van der Waals surface area contributed by atoms with Gasteiger partial charge in [0.1, 0.15) is 22.1 Å². The molecule has 1 aliphatic heterocycles. The number of thiazole rings is 1. The van der Waals surface area contributed by atoms with Gasteiger partial charge in [-0.05, 0) is 56.9 Å². The van der Waals surface area contributed by atoms with Gasteiger partial charge in [0.05, 0.1) is 36.5 Å². The Bertz CT molecular complexity index is 1900. The fourth-order valence-electron chi connectivity index (χ4n) is 6.25. The van der Waals surface area contributed by atoms with Gasteiger partial charge in [-0.2, -0.15) is 5.10 Å². The summed E-state index contributed by atoms with van der Waals surface area (Å²) in [5.74, 6) is 0. The molecule has 1 unspecified atom stereocenters. The van der Waals surface area contributed by atoms with Crippen LogP contribution >= 0.6 is 22.9 Å². The van der Waals surface area contributed by atoms with Crippen LogP contribution in [0.1, 0.15) is 42.5 Å². The maximum Gasteiger partial charge on any atom is 0.250 e. The van der Waals surface area contributed by atoms with E-state index in [0.29, 0.717) is 28.5 Å². The Hall–Kier alpha value is -2.91. The molecule has 0 amide bonds. The molecule has 0 radical (unpaired) electrons. The SMILES string of the molecule is COCOC1(c2ncc(C3=CCC(C)(S(=O)(=O)n4c(-c5cnn(CCN6CCOCC6)c5)cc5cccnc54)C=C3Cl)s2)CCC1. The molecule has 4 aromatic heterocycles. The first-order valence-electron chi connectivity index (χ1n) is 15.5. The second-order valence-corrected chi connectivity index (χ2v) is 15.9. The summed E-state index contributed by atoms with van der Waals surface area (Å²) in [7, 11) is -2.45. The Kier molecular flexibility index (Phi) is 8.68. The molecule has 0 N–H and O–H groups in total. The zero-order valence-electron chi connectivity index (χ0n) is 25.9. The van der Waals surface area contributed by atoms with Crippen LogP contribution in [0.25, 0.3) is 27.9 Å². The van der Waals surface area contributed by atoms with Crippen molar-refractivity contribution in [3.63, 3.8) is 0 Å². The summed E-state index contributed by atoms with van der Waals surface area (Å²) in [6.07, 6.45) is 13.7. The molecule has 46 heavy (non-hydrogen) atoms. The fourth-order valence-corrected chi connectivity index (χ4v) is 9.74. The zero-order chi connectivity index (χ0) is 31.9. The lowest BCUT2D eigenvalue weighted by Gasteiger charge is -2.39. The maximum atomic E-state index is 14.7. The second-order valence-electron chi connectivity index (χ2n) is 12.2. The van der Waals surface area contributed by atoms with Crippen LogP contribution in [0.3, 0.4) is 0 Å². The minimum atomic E-state index is -4.06. The first-order chi connectivity index (χ1) is 22.2. The molecule has 2 fully saturated rings. The van der Waals surface area contributed by atoms with E-state index in [-0.39, 0.29) is 13.2 Å². The molecule has 7 rings (SSSR count). The topological polar surface area (TPSA) is 114 Å². The molecule has 1 atom stereocenters. The number of halogens is 1. The van der Waals surface area contributed by atoms with Gasteiger partial charge < -0.3 is 14.2 Å². The predicted molar refractivity (Wildman–Crippen MR) is 178 cm³/mol. The third-order valence-electron chi connectivity index (χ3n) is 9.20. The van der Waals surface area contributed by atoms with E-state index in [1.807, 2.05) is 29.1 Å². The van der Waals surface area contributed by atoms with Crippen LogP contribution in [0, 0.1) is 0 Å². The summed E-state index contributed by atoms with van der Waals surface area (Å²) in [5.41, 5.74) is 1.93. The van der Waals surface area contributed by atoms with Crippen molar-refractivity contribution in [1.29, 1.82) is 0 Å². The summed E-state index contributed by atoms with van der Waals surface area (Å²) in [6, 6.07) is 5.54. The van der Waals surface area contributed by atoms with E-state index in [2.05, 4.69) is 20.0 Å². The lowest BCUT2D eigenvalue weighted by atomic mass is 9.80. The fraction of sp³-hybridized carbons (Fsp3) is 0.469. The number of ether oxygens (including phenoxy) is 3. The van der Waals surface area contributed by atoms with Gasteiger partial charge in [-0.3, -0.25) is 9.58 Å². The average Bonchev–Trinajstić information content (AvgIpc) is 3.79. The van der Waals surface area contributed by atoms with E-state index in [0.717, 1.165) is 73.0 Å². The molecule has 11 nitrogen and oxygen atoms in total. The van der Waals surface area contributed by atoms with Crippen LogP contribution in [0.2, 0.25) is 0 Å². The molecule has 0 bridgehead atoms. The van der Waals surface area contributed by atoms with E-state index in [1.54, 1.807) is 44.8 Å². The number of allylic oxidation sites excluding steroid dienone is 3. The van der Waals surface area contributed by atoms with Crippen molar-refractivity contribution in [2.45, 2.75) is 49.5 Å². The lowest BCUT2D eigenvalue weighted by Crippen LogP contribution is -2.39.